The van der Waals surface area contributed by atoms with Crippen LogP contribution < -0.4 is 4.90 Å². The van der Waals surface area contributed by atoms with E-state index in [0.29, 0.717) is 0 Å². The van der Waals surface area contributed by atoms with Crippen molar-refractivity contribution in [1.82, 2.24) is 10.2 Å². The maximum atomic E-state index is 5.22. The summed E-state index contributed by atoms with van der Waals surface area (Å²) in [5, 5.41) is 8.79. The van der Waals surface area contributed by atoms with Crippen LogP contribution in [0.25, 0.3) is 0 Å². The molecule has 0 saturated carbocycles. The van der Waals surface area contributed by atoms with Crippen LogP contribution in [0.15, 0.2) is 4.34 Å². The third kappa shape index (κ3) is 3.42. The summed E-state index contributed by atoms with van der Waals surface area (Å²) >= 11 is 5.62. The fourth-order valence-electron chi connectivity index (χ4n) is 1.09. The van der Waals surface area contributed by atoms with Crippen molar-refractivity contribution in [1.29, 1.82) is 0 Å². The molecule has 0 amide bonds. The van der Waals surface area contributed by atoms with Gasteiger partial charge in [0.25, 0.3) is 0 Å². The Balaban J connectivity index is 0.000000845. The van der Waals surface area contributed by atoms with Crippen LogP contribution in [-0.4, -0.2) is 87.9 Å². The SMILES string of the molecule is Sc1nnc(N2CCOCC2)s1.[KH]. The Morgan fingerprint density at radius 3 is 2.54 bits per heavy atom. The van der Waals surface area contributed by atoms with Gasteiger partial charge in [-0.3, -0.25) is 0 Å². The third-order valence-corrected chi connectivity index (χ3v) is 2.84. The van der Waals surface area contributed by atoms with Crippen LogP contribution in [0.4, 0.5) is 5.13 Å². The van der Waals surface area contributed by atoms with E-state index in [-0.39, 0.29) is 51.4 Å². The van der Waals surface area contributed by atoms with Crippen LogP contribution in [0, 0.1) is 0 Å². The summed E-state index contributed by atoms with van der Waals surface area (Å²) in [5.74, 6) is 0. The number of hydrogen-bond donors (Lipinski definition) is 1. The fraction of sp³-hybridized carbons (Fsp3) is 0.667. The zero-order chi connectivity index (χ0) is 8.39. The van der Waals surface area contributed by atoms with Crippen LogP contribution in [0.3, 0.4) is 0 Å². The van der Waals surface area contributed by atoms with Gasteiger partial charge in [-0.25, -0.2) is 0 Å². The fourth-order valence-corrected chi connectivity index (χ4v) is 2.02. The molecule has 1 saturated heterocycles. The molecule has 0 atom stereocenters. The van der Waals surface area contributed by atoms with Crippen molar-refractivity contribution in [2.24, 2.45) is 0 Å². The standard InChI is InChI=1S/C6H9N3OS2.K.H/c11-6-8-7-5(12-6)9-1-3-10-4-2-9;;/h1-4H2,(H,8,11);;. The second-order valence-electron chi connectivity index (χ2n) is 2.47. The summed E-state index contributed by atoms with van der Waals surface area (Å²) in [6.07, 6.45) is 0. The van der Waals surface area contributed by atoms with Gasteiger partial charge >= 0.3 is 51.4 Å². The Morgan fingerprint density at radius 1 is 1.31 bits per heavy atom. The first kappa shape index (κ1) is 12.4. The van der Waals surface area contributed by atoms with Gasteiger partial charge in [0.05, 0.1) is 13.2 Å². The first-order valence-electron chi connectivity index (χ1n) is 3.71. The quantitative estimate of drug-likeness (QED) is 0.557. The minimum absolute atomic E-state index is 0. The van der Waals surface area contributed by atoms with Crippen LogP contribution in [0.5, 0.6) is 0 Å². The van der Waals surface area contributed by atoms with Crippen LogP contribution in [-0.2, 0) is 4.74 Å². The Kier molecular flexibility index (Phi) is 5.72. The van der Waals surface area contributed by atoms with Gasteiger partial charge in [-0.15, -0.1) is 22.8 Å². The van der Waals surface area contributed by atoms with Gasteiger partial charge in [-0.05, 0) is 0 Å². The zero-order valence-corrected chi connectivity index (χ0v) is 8.14. The Morgan fingerprint density at radius 2 is 2.00 bits per heavy atom. The molecular weight excluding hydrogens is 233 g/mol. The van der Waals surface area contributed by atoms with Crippen molar-refractivity contribution < 1.29 is 4.74 Å². The number of ether oxygens (including phenoxy) is 1. The molecule has 0 unspecified atom stereocenters. The van der Waals surface area contributed by atoms with Crippen molar-refractivity contribution in [2.75, 3.05) is 31.2 Å². The predicted octanol–water partition coefficient (Wildman–Crippen LogP) is 0.0149. The molecule has 2 rings (SSSR count). The molecule has 0 bridgehead atoms. The second kappa shape index (κ2) is 6.01. The third-order valence-electron chi connectivity index (χ3n) is 1.69. The number of thiol groups is 1. The van der Waals surface area contributed by atoms with Gasteiger partial charge in [0.1, 0.15) is 0 Å². The summed E-state index contributed by atoms with van der Waals surface area (Å²) < 4.78 is 5.94. The van der Waals surface area contributed by atoms with Crippen LogP contribution in [0.2, 0.25) is 0 Å². The van der Waals surface area contributed by atoms with E-state index in [4.69, 9.17) is 4.74 Å². The molecule has 13 heavy (non-hydrogen) atoms. The summed E-state index contributed by atoms with van der Waals surface area (Å²) in [4.78, 5) is 2.17. The summed E-state index contributed by atoms with van der Waals surface area (Å²) in [6.45, 7) is 3.37. The Bertz CT molecular complexity index is 264. The van der Waals surface area contributed by atoms with Gasteiger partial charge in [-0.2, -0.15) is 0 Å². The number of rotatable bonds is 1. The van der Waals surface area contributed by atoms with Gasteiger partial charge in [0, 0.05) is 13.1 Å². The molecule has 0 N–H and O–H groups in total. The van der Waals surface area contributed by atoms with Gasteiger partial charge < -0.3 is 9.64 Å². The molecule has 0 aliphatic carbocycles. The number of morpholine rings is 1. The monoisotopic (exact) mass is 243 g/mol. The Hall–Kier alpha value is 1.31. The van der Waals surface area contributed by atoms with Crippen LogP contribution in [0.1, 0.15) is 0 Å². The van der Waals surface area contributed by atoms with Crippen molar-refractivity contribution in [3.8, 4) is 0 Å². The van der Waals surface area contributed by atoms with Gasteiger partial charge in [0.15, 0.2) is 4.34 Å². The van der Waals surface area contributed by atoms with Crippen molar-refractivity contribution in [2.45, 2.75) is 4.34 Å². The molecule has 4 nitrogen and oxygen atoms in total. The van der Waals surface area contributed by atoms with Crippen molar-refractivity contribution in [3.63, 3.8) is 0 Å². The van der Waals surface area contributed by atoms with E-state index in [1.807, 2.05) is 0 Å². The topological polar surface area (TPSA) is 38.2 Å². The average Bonchev–Trinajstić information content (AvgIpc) is 2.54. The average molecular weight is 243 g/mol. The molecule has 1 aromatic heterocycles. The van der Waals surface area contributed by atoms with E-state index in [1.165, 1.54) is 11.3 Å². The molecule has 2 heterocycles. The molecule has 0 aromatic carbocycles. The Labute approximate surface area is 129 Å². The van der Waals surface area contributed by atoms with Crippen LogP contribution >= 0.6 is 24.0 Å². The van der Waals surface area contributed by atoms with Crippen molar-refractivity contribution >= 4 is 80.5 Å². The molecule has 1 aliphatic rings. The summed E-state index contributed by atoms with van der Waals surface area (Å²) in [5.41, 5.74) is 0. The summed E-state index contributed by atoms with van der Waals surface area (Å²) in [6, 6.07) is 0. The molecular formula is C6H10KN3OS2. The normalized spacial score (nSPS) is 16.8. The molecule has 1 aromatic rings. The number of anilines is 1. The molecule has 0 radical (unpaired) electrons. The first-order chi connectivity index (χ1) is 5.86. The van der Waals surface area contributed by atoms with Crippen molar-refractivity contribution in [3.05, 3.63) is 0 Å². The number of hydrogen-bond acceptors (Lipinski definition) is 6. The molecule has 1 aliphatic heterocycles. The molecule has 0 spiro atoms. The van der Waals surface area contributed by atoms with Gasteiger partial charge in [-0.1, -0.05) is 11.3 Å². The predicted molar refractivity (Wildman–Crippen MR) is 57.3 cm³/mol. The minimum atomic E-state index is 0. The summed E-state index contributed by atoms with van der Waals surface area (Å²) in [7, 11) is 0. The van der Waals surface area contributed by atoms with E-state index in [2.05, 4.69) is 27.7 Å². The molecule has 7 heteroatoms. The second-order valence-corrected chi connectivity index (χ2v) is 4.15. The first-order valence-corrected chi connectivity index (χ1v) is 4.98. The van der Waals surface area contributed by atoms with E-state index >= 15 is 0 Å². The molecule has 68 valence electrons. The number of nitrogens with zero attached hydrogens (tertiary/aromatic N) is 3. The molecule has 1 fully saturated rings. The van der Waals surface area contributed by atoms with E-state index in [1.54, 1.807) is 0 Å². The van der Waals surface area contributed by atoms with E-state index in [9.17, 15) is 0 Å². The van der Waals surface area contributed by atoms with E-state index < -0.39 is 0 Å². The maximum absolute atomic E-state index is 5.22. The van der Waals surface area contributed by atoms with E-state index in [0.717, 1.165) is 35.8 Å². The number of aromatic nitrogens is 2. The van der Waals surface area contributed by atoms with Gasteiger partial charge in [0.2, 0.25) is 5.13 Å². The zero-order valence-electron chi connectivity index (χ0n) is 6.43.